The van der Waals surface area contributed by atoms with E-state index in [-0.39, 0.29) is 5.91 Å². The summed E-state index contributed by atoms with van der Waals surface area (Å²) in [4.78, 5) is 16.9. The minimum absolute atomic E-state index is 0.118. The van der Waals surface area contributed by atoms with Crippen molar-refractivity contribution in [2.24, 2.45) is 0 Å². The first-order valence-electron chi connectivity index (χ1n) is 8.15. The van der Waals surface area contributed by atoms with Gasteiger partial charge in [0.25, 0.3) is 5.91 Å². The van der Waals surface area contributed by atoms with Gasteiger partial charge in [0.05, 0.1) is 17.8 Å². The Kier molecular flexibility index (Phi) is 5.28. The summed E-state index contributed by atoms with van der Waals surface area (Å²) < 4.78 is 5.72. The predicted molar refractivity (Wildman–Crippen MR) is 92.5 cm³/mol. The van der Waals surface area contributed by atoms with Crippen LogP contribution in [0.2, 0.25) is 5.02 Å². The lowest BCUT2D eigenvalue weighted by Gasteiger charge is -2.29. The molecule has 1 aromatic carbocycles. The Morgan fingerprint density at radius 2 is 2.26 bits per heavy atom. The van der Waals surface area contributed by atoms with Crippen LogP contribution in [-0.4, -0.2) is 57.2 Å². The minimum Gasteiger partial charge on any atom is -0.489 e. The van der Waals surface area contributed by atoms with Crippen molar-refractivity contribution in [1.82, 2.24) is 10.2 Å². The monoisotopic (exact) mass is 336 g/mol. The van der Waals surface area contributed by atoms with Gasteiger partial charge in [0.15, 0.2) is 5.75 Å². The molecule has 125 valence electrons. The highest BCUT2D eigenvalue weighted by Gasteiger charge is 2.23. The molecule has 2 aliphatic heterocycles. The van der Waals surface area contributed by atoms with Crippen molar-refractivity contribution in [2.45, 2.75) is 12.8 Å². The van der Waals surface area contributed by atoms with Crippen LogP contribution in [0.15, 0.2) is 12.1 Å². The predicted octanol–water partition coefficient (Wildman–Crippen LogP) is 2.20. The molecular formula is C17H23ClN3O2. The standard InChI is InChI=1S/C17H23ClN3O2/c1-20-9-10-23-16-14(11-13(18)12-15(16)20)17(22)19-5-4-8-21-6-2-3-7-21/h2,11-12H,3-10H2,1H3,(H,19,22). The van der Waals surface area contributed by atoms with Gasteiger partial charge in [-0.1, -0.05) is 11.6 Å². The number of fused-ring (bicyclic) bond motifs is 1. The second-order valence-electron chi connectivity index (χ2n) is 6.06. The molecule has 1 aromatic rings. The molecule has 5 nitrogen and oxygen atoms in total. The summed E-state index contributed by atoms with van der Waals surface area (Å²) in [5.74, 6) is 0.516. The number of carbonyl (C=O) groups excluding carboxylic acids is 1. The number of rotatable bonds is 5. The van der Waals surface area contributed by atoms with Crippen LogP contribution in [0, 0.1) is 6.42 Å². The molecule has 2 heterocycles. The average Bonchev–Trinajstić information content (AvgIpc) is 3.05. The molecule has 3 rings (SSSR count). The van der Waals surface area contributed by atoms with E-state index in [9.17, 15) is 4.79 Å². The van der Waals surface area contributed by atoms with E-state index in [1.165, 1.54) is 6.42 Å². The number of nitrogens with zero attached hydrogens (tertiary/aromatic N) is 2. The summed E-state index contributed by atoms with van der Waals surface area (Å²) in [5.41, 5.74) is 1.40. The minimum atomic E-state index is -0.118. The molecule has 1 fully saturated rings. The van der Waals surface area contributed by atoms with Crippen molar-refractivity contribution in [3.8, 4) is 5.75 Å². The first-order valence-corrected chi connectivity index (χ1v) is 8.52. The number of carbonyl (C=O) groups is 1. The normalized spacial score (nSPS) is 17.7. The van der Waals surface area contributed by atoms with E-state index < -0.39 is 0 Å². The molecule has 0 spiro atoms. The maximum Gasteiger partial charge on any atom is 0.255 e. The molecule has 0 unspecified atom stereocenters. The molecule has 1 N–H and O–H groups in total. The molecule has 0 atom stereocenters. The lowest BCUT2D eigenvalue weighted by atomic mass is 10.1. The summed E-state index contributed by atoms with van der Waals surface area (Å²) >= 11 is 6.17. The van der Waals surface area contributed by atoms with E-state index in [4.69, 9.17) is 16.3 Å². The van der Waals surface area contributed by atoms with Crippen LogP contribution in [0.4, 0.5) is 5.69 Å². The van der Waals surface area contributed by atoms with E-state index in [1.807, 2.05) is 13.1 Å². The Morgan fingerprint density at radius 3 is 3.04 bits per heavy atom. The van der Waals surface area contributed by atoms with Crippen LogP contribution < -0.4 is 15.0 Å². The molecule has 23 heavy (non-hydrogen) atoms. The number of ether oxygens (including phenoxy) is 1. The quantitative estimate of drug-likeness (QED) is 0.837. The number of benzene rings is 1. The lowest BCUT2D eigenvalue weighted by Crippen LogP contribution is -2.32. The Morgan fingerprint density at radius 1 is 1.39 bits per heavy atom. The third-order valence-electron chi connectivity index (χ3n) is 4.34. The molecule has 0 saturated carbocycles. The van der Waals surface area contributed by atoms with Gasteiger partial charge in [0, 0.05) is 25.2 Å². The Bertz CT molecular complexity index is 573. The van der Waals surface area contributed by atoms with Crippen molar-refractivity contribution in [1.29, 1.82) is 0 Å². The summed E-state index contributed by atoms with van der Waals surface area (Å²) in [6.45, 7) is 5.25. The van der Waals surface area contributed by atoms with Gasteiger partial charge in [0.2, 0.25) is 0 Å². The van der Waals surface area contributed by atoms with Crippen LogP contribution in [0.3, 0.4) is 0 Å². The topological polar surface area (TPSA) is 44.8 Å². The second kappa shape index (κ2) is 7.41. The highest BCUT2D eigenvalue weighted by Crippen LogP contribution is 2.37. The Hall–Kier alpha value is -1.46. The van der Waals surface area contributed by atoms with E-state index in [0.717, 1.165) is 38.3 Å². The second-order valence-corrected chi connectivity index (χ2v) is 6.50. The zero-order valence-electron chi connectivity index (χ0n) is 13.5. The zero-order chi connectivity index (χ0) is 16.2. The molecule has 1 saturated heterocycles. The first kappa shape index (κ1) is 16.4. The third-order valence-corrected chi connectivity index (χ3v) is 4.55. The number of amides is 1. The third kappa shape index (κ3) is 3.90. The maximum atomic E-state index is 12.5. The number of likely N-dealkylation sites (tertiary alicyclic amines) is 1. The molecule has 0 aliphatic carbocycles. The molecule has 0 bridgehead atoms. The van der Waals surface area contributed by atoms with Gasteiger partial charge in [-0.15, -0.1) is 0 Å². The Balaban J connectivity index is 1.60. The molecular weight excluding hydrogens is 314 g/mol. The van der Waals surface area contributed by atoms with Gasteiger partial charge in [-0.05, 0) is 44.5 Å². The summed E-state index contributed by atoms with van der Waals surface area (Å²) in [5, 5.41) is 3.54. The van der Waals surface area contributed by atoms with Gasteiger partial charge < -0.3 is 19.9 Å². The van der Waals surface area contributed by atoms with E-state index in [0.29, 0.717) is 29.5 Å². The number of nitrogens with one attached hydrogen (secondary N) is 1. The van der Waals surface area contributed by atoms with Crippen molar-refractivity contribution >= 4 is 23.2 Å². The van der Waals surface area contributed by atoms with Crippen molar-refractivity contribution in [3.63, 3.8) is 0 Å². The molecule has 6 heteroatoms. The highest BCUT2D eigenvalue weighted by molar-refractivity contribution is 6.31. The van der Waals surface area contributed by atoms with Crippen molar-refractivity contribution in [3.05, 3.63) is 29.1 Å². The first-order chi connectivity index (χ1) is 11.1. The molecule has 1 radical (unpaired) electrons. The van der Waals surface area contributed by atoms with E-state index in [2.05, 4.69) is 21.5 Å². The van der Waals surface area contributed by atoms with E-state index >= 15 is 0 Å². The van der Waals surface area contributed by atoms with Gasteiger partial charge in [-0.3, -0.25) is 4.79 Å². The number of likely N-dealkylation sites (N-methyl/N-ethyl adjacent to an activating group) is 1. The average molecular weight is 337 g/mol. The number of hydrogen-bond donors (Lipinski definition) is 1. The number of halogens is 1. The number of anilines is 1. The molecule has 1 amide bonds. The van der Waals surface area contributed by atoms with Gasteiger partial charge in [-0.2, -0.15) is 0 Å². The van der Waals surface area contributed by atoms with Gasteiger partial charge in [-0.25, -0.2) is 0 Å². The maximum absolute atomic E-state index is 12.5. The summed E-state index contributed by atoms with van der Waals surface area (Å²) in [7, 11) is 1.98. The molecule has 0 aromatic heterocycles. The summed E-state index contributed by atoms with van der Waals surface area (Å²) in [6.07, 6.45) is 4.42. The fourth-order valence-electron chi connectivity index (χ4n) is 3.03. The largest absolute Gasteiger partial charge is 0.489 e. The lowest BCUT2D eigenvalue weighted by molar-refractivity contribution is 0.0947. The Labute approximate surface area is 142 Å². The van der Waals surface area contributed by atoms with Gasteiger partial charge in [0.1, 0.15) is 6.61 Å². The fraction of sp³-hybridized carbons (Fsp3) is 0.529. The highest BCUT2D eigenvalue weighted by atomic mass is 35.5. The van der Waals surface area contributed by atoms with Crippen LogP contribution in [0.25, 0.3) is 0 Å². The van der Waals surface area contributed by atoms with Gasteiger partial charge >= 0.3 is 0 Å². The zero-order valence-corrected chi connectivity index (χ0v) is 14.2. The van der Waals surface area contributed by atoms with Crippen LogP contribution in [-0.2, 0) is 0 Å². The van der Waals surface area contributed by atoms with E-state index in [1.54, 1.807) is 6.07 Å². The SMILES string of the molecule is CN1CCOc2c(C(=O)NCCCN3C[CH]CC3)cc(Cl)cc21. The molecule has 2 aliphatic rings. The number of hydrogen-bond acceptors (Lipinski definition) is 4. The summed E-state index contributed by atoms with van der Waals surface area (Å²) in [6, 6.07) is 3.53. The van der Waals surface area contributed by atoms with Crippen molar-refractivity contribution < 1.29 is 9.53 Å². The van der Waals surface area contributed by atoms with Crippen LogP contribution in [0.5, 0.6) is 5.75 Å². The smallest absolute Gasteiger partial charge is 0.255 e. The van der Waals surface area contributed by atoms with Crippen molar-refractivity contribution in [2.75, 3.05) is 51.3 Å². The van der Waals surface area contributed by atoms with Crippen LogP contribution in [0.1, 0.15) is 23.2 Å². The van der Waals surface area contributed by atoms with Crippen LogP contribution >= 0.6 is 11.6 Å². The fourth-order valence-corrected chi connectivity index (χ4v) is 3.24.